The SMILES string of the molecule is NC(CC1CCCCC1)C(=O)NCCN1CCc2cc(F)ccc21. The molecule has 1 fully saturated rings. The molecular weight excluding hydrogens is 305 g/mol. The van der Waals surface area contributed by atoms with Gasteiger partial charge in [-0.3, -0.25) is 4.79 Å². The first-order valence-electron chi connectivity index (χ1n) is 9.20. The van der Waals surface area contributed by atoms with Gasteiger partial charge in [0.05, 0.1) is 6.04 Å². The summed E-state index contributed by atoms with van der Waals surface area (Å²) in [6, 6.07) is 4.53. The van der Waals surface area contributed by atoms with Crippen LogP contribution in [0, 0.1) is 11.7 Å². The zero-order chi connectivity index (χ0) is 16.9. The van der Waals surface area contributed by atoms with E-state index in [0.717, 1.165) is 37.2 Å². The fraction of sp³-hybridized carbons (Fsp3) is 0.632. The highest BCUT2D eigenvalue weighted by molar-refractivity contribution is 5.81. The number of hydrogen-bond acceptors (Lipinski definition) is 3. The van der Waals surface area contributed by atoms with Crippen LogP contribution < -0.4 is 16.0 Å². The second-order valence-electron chi connectivity index (χ2n) is 7.15. The van der Waals surface area contributed by atoms with Crippen molar-refractivity contribution in [2.75, 3.05) is 24.5 Å². The van der Waals surface area contributed by atoms with Crippen molar-refractivity contribution >= 4 is 11.6 Å². The topological polar surface area (TPSA) is 58.4 Å². The molecule has 0 spiro atoms. The van der Waals surface area contributed by atoms with Crippen molar-refractivity contribution in [2.45, 2.75) is 51.0 Å². The molecule has 1 aliphatic carbocycles. The van der Waals surface area contributed by atoms with Gasteiger partial charge >= 0.3 is 0 Å². The van der Waals surface area contributed by atoms with Crippen molar-refractivity contribution in [2.24, 2.45) is 11.7 Å². The summed E-state index contributed by atoms with van der Waals surface area (Å²) in [5.41, 5.74) is 8.20. The van der Waals surface area contributed by atoms with Gasteiger partial charge < -0.3 is 16.0 Å². The van der Waals surface area contributed by atoms with Crippen LogP contribution in [0.25, 0.3) is 0 Å². The van der Waals surface area contributed by atoms with Gasteiger partial charge in [0.25, 0.3) is 0 Å². The molecule has 2 aliphatic rings. The number of hydrogen-bond donors (Lipinski definition) is 2. The first-order valence-corrected chi connectivity index (χ1v) is 9.20. The average molecular weight is 333 g/mol. The van der Waals surface area contributed by atoms with E-state index in [9.17, 15) is 9.18 Å². The molecule has 1 amide bonds. The van der Waals surface area contributed by atoms with Gasteiger partial charge in [0.1, 0.15) is 5.82 Å². The molecule has 0 bridgehead atoms. The molecule has 0 radical (unpaired) electrons. The zero-order valence-electron chi connectivity index (χ0n) is 14.3. The van der Waals surface area contributed by atoms with E-state index in [1.165, 1.54) is 38.2 Å². The second kappa shape index (κ2) is 7.97. The number of fused-ring (bicyclic) bond motifs is 1. The number of amides is 1. The fourth-order valence-corrected chi connectivity index (χ4v) is 4.01. The van der Waals surface area contributed by atoms with Gasteiger partial charge in [-0.2, -0.15) is 0 Å². The van der Waals surface area contributed by atoms with Gasteiger partial charge in [-0.25, -0.2) is 4.39 Å². The van der Waals surface area contributed by atoms with E-state index >= 15 is 0 Å². The monoisotopic (exact) mass is 333 g/mol. The standard InChI is InChI=1S/C19H28FN3O/c20-16-6-7-18-15(13-16)8-10-23(18)11-9-22-19(24)17(21)12-14-4-2-1-3-5-14/h6-7,13-14,17H,1-5,8-12,21H2,(H,22,24). The Morgan fingerprint density at radius 1 is 1.33 bits per heavy atom. The molecule has 3 N–H and O–H groups in total. The van der Waals surface area contributed by atoms with Gasteiger partial charge in [0.15, 0.2) is 0 Å². The Balaban J connectivity index is 1.41. The molecule has 1 aliphatic heterocycles. The number of anilines is 1. The van der Waals surface area contributed by atoms with Crippen LogP contribution in [0.1, 0.15) is 44.1 Å². The number of benzene rings is 1. The lowest BCUT2D eigenvalue weighted by atomic mass is 9.85. The Morgan fingerprint density at radius 2 is 2.12 bits per heavy atom. The summed E-state index contributed by atoms with van der Waals surface area (Å²) in [4.78, 5) is 14.4. The Kier molecular flexibility index (Phi) is 5.72. The number of nitrogens with zero attached hydrogens (tertiary/aromatic N) is 1. The smallest absolute Gasteiger partial charge is 0.236 e. The molecule has 4 nitrogen and oxygen atoms in total. The van der Waals surface area contributed by atoms with E-state index in [1.54, 1.807) is 6.07 Å². The summed E-state index contributed by atoms with van der Waals surface area (Å²) >= 11 is 0. The van der Waals surface area contributed by atoms with Crippen LogP contribution in [0.3, 0.4) is 0 Å². The third-order valence-electron chi connectivity index (χ3n) is 5.36. The van der Waals surface area contributed by atoms with Crippen LogP contribution in [0.2, 0.25) is 0 Å². The van der Waals surface area contributed by atoms with Gasteiger partial charge in [0.2, 0.25) is 5.91 Å². The lowest BCUT2D eigenvalue weighted by molar-refractivity contribution is -0.122. The van der Waals surface area contributed by atoms with Crippen molar-refractivity contribution in [1.82, 2.24) is 5.32 Å². The van der Waals surface area contributed by atoms with Crippen molar-refractivity contribution in [3.8, 4) is 0 Å². The molecule has 132 valence electrons. The predicted octanol–water partition coefficient (Wildman–Crippen LogP) is 2.60. The van der Waals surface area contributed by atoms with Crippen LogP contribution in [0.5, 0.6) is 0 Å². The highest BCUT2D eigenvalue weighted by atomic mass is 19.1. The maximum absolute atomic E-state index is 13.2. The number of nitrogens with two attached hydrogens (primary N) is 1. The quantitative estimate of drug-likeness (QED) is 0.841. The molecular formula is C19H28FN3O. The minimum atomic E-state index is -0.395. The van der Waals surface area contributed by atoms with Gasteiger partial charge in [-0.1, -0.05) is 32.1 Å². The molecule has 5 heteroatoms. The molecule has 1 saturated carbocycles. The Morgan fingerprint density at radius 3 is 2.92 bits per heavy atom. The lowest BCUT2D eigenvalue weighted by Gasteiger charge is -2.24. The molecule has 1 aromatic rings. The van der Waals surface area contributed by atoms with E-state index in [2.05, 4.69) is 10.2 Å². The number of rotatable bonds is 6. The molecule has 0 saturated heterocycles. The summed E-state index contributed by atoms with van der Waals surface area (Å²) in [7, 11) is 0. The third-order valence-corrected chi connectivity index (χ3v) is 5.36. The van der Waals surface area contributed by atoms with Crippen LogP contribution >= 0.6 is 0 Å². The second-order valence-corrected chi connectivity index (χ2v) is 7.15. The number of carbonyl (C=O) groups excluding carboxylic acids is 1. The van der Waals surface area contributed by atoms with Crippen molar-refractivity contribution in [3.63, 3.8) is 0 Å². The minimum Gasteiger partial charge on any atom is -0.369 e. The maximum atomic E-state index is 13.2. The van der Waals surface area contributed by atoms with E-state index < -0.39 is 6.04 Å². The first-order chi connectivity index (χ1) is 11.6. The zero-order valence-corrected chi connectivity index (χ0v) is 14.3. The van der Waals surface area contributed by atoms with Crippen LogP contribution in [-0.4, -0.2) is 31.6 Å². The third kappa shape index (κ3) is 4.26. The van der Waals surface area contributed by atoms with E-state index in [4.69, 9.17) is 5.73 Å². The van der Waals surface area contributed by atoms with Crippen molar-refractivity contribution in [3.05, 3.63) is 29.6 Å². The fourth-order valence-electron chi connectivity index (χ4n) is 4.01. The van der Waals surface area contributed by atoms with Crippen LogP contribution in [0.15, 0.2) is 18.2 Å². The largest absolute Gasteiger partial charge is 0.369 e. The Bertz CT molecular complexity index is 572. The molecule has 1 aromatic carbocycles. The van der Waals surface area contributed by atoms with E-state index in [1.807, 2.05) is 6.07 Å². The van der Waals surface area contributed by atoms with Gasteiger partial charge in [0, 0.05) is 25.3 Å². The molecule has 3 rings (SSSR count). The van der Waals surface area contributed by atoms with Crippen molar-refractivity contribution < 1.29 is 9.18 Å². The van der Waals surface area contributed by atoms with Gasteiger partial charge in [-0.05, 0) is 42.5 Å². The molecule has 1 unspecified atom stereocenters. The maximum Gasteiger partial charge on any atom is 0.236 e. The molecule has 24 heavy (non-hydrogen) atoms. The predicted molar refractivity (Wildman–Crippen MR) is 94.5 cm³/mol. The van der Waals surface area contributed by atoms with E-state index in [0.29, 0.717) is 12.5 Å². The Labute approximate surface area is 143 Å². The van der Waals surface area contributed by atoms with Crippen LogP contribution in [-0.2, 0) is 11.2 Å². The van der Waals surface area contributed by atoms with Crippen molar-refractivity contribution in [1.29, 1.82) is 0 Å². The minimum absolute atomic E-state index is 0.0425. The molecule has 0 aromatic heterocycles. The summed E-state index contributed by atoms with van der Waals surface area (Å²) < 4.78 is 13.2. The highest BCUT2D eigenvalue weighted by Gasteiger charge is 2.22. The number of nitrogens with one attached hydrogen (secondary N) is 1. The first kappa shape index (κ1) is 17.2. The number of halogens is 1. The lowest BCUT2D eigenvalue weighted by Crippen LogP contribution is -2.44. The Hall–Kier alpha value is -1.62. The molecule has 1 atom stereocenters. The summed E-state index contributed by atoms with van der Waals surface area (Å²) in [5.74, 6) is 0.386. The van der Waals surface area contributed by atoms with Gasteiger partial charge in [-0.15, -0.1) is 0 Å². The summed E-state index contributed by atoms with van der Waals surface area (Å²) in [5, 5.41) is 2.96. The summed E-state index contributed by atoms with van der Waals surface area (Å²) in [6.07, 6.45) is 7.95. The summed E-state index contributed by atoms with van der Waals surface area (Å²) in [6.45, 7) is 2.19. The number of carbonyl (C=O) groups is 1. The van der Waals surface area contributed by atoms with Crippen LogP contribution in [0.4, 0.5) is 10.1 Å². The normalized spacial score (nSPS) is 19.2. The molecule has 1 heterocycles. The average Bonchev–Trinajstić information content (AvgIpc) is 2.97. The highest BCUT2D eigenvalue weighted by Crippen LogP contribution is 2.28. The van der Waals surface area contributed by atoms with E-state index in [-0.39, 0.29) is 11.7 Å².